The molecule has 1 fully saturated rings. The summed E-state index contributed by atoms with van der Waals surface area (Å²) in [7, 11) is -3.22. The van der Waals surface area contributed by atoms with Crippen LogP contribution in [0.5, 0.6) is 5.75 Å². The van der Waals surface area contributed by atoms with Gasteiger partial charge in [-0.15, -0.1) is 0 Å². The Morgan fingerprint density at radius 3 is 2.74 bits per heavy atom. The van der Waals surface area contributed by atoms with Gasteiger partial charge in [-0.2, -0.15) is 4.98 Å². The predicted octanol–water partition coefficient (Wildman–Crippen LogP) is 4.16. The summed E-state index contributed by atoms with van der Waals surface area (Å²) in [6, 6.07) is 14.4. The second kappa shape index (κ2) is 10.9. The first-order valence-corrected chi connectivity index (χ1v) is 13.5. The van der Waals surface area contributed by atoms with E-state index in [4.69, 9.17) is 16.3 Å². The minimum Gasteiger partial charge on any atom is -0.492 e. The molecule has 2 heterocycles. The molecule has 0 spiro atoms. The summed E-state index contributed by atoms with van der Waals surface area (Å²) in [5, 5.41) is 6.53. The number of carbonyl (C=O) groups is 1. The number of hydrogen-bond donors (Lipinski definition) is 2. The van der Waals surface area contributed by atoms with Crippen molar-refractivity contribution in [3.8, 4) is 5.75 Å². The van der Waals surface area contributed by atoms with Crippen LogP contribution in [0.3, 0.4) is 0 Å². The van der Waals surface area contributed by atoms with Crippen LogP contribution in [0.4, 0.5) is 23.1 Å². The van der Waals surface area contributed by atoms with E-state index in [2.05, 4.69) is 20.6 Å². The van der Waals surface area contributed by atoms with E-state index in [9.17, 15) is 13.2 Å². The molecule has 0 saturated carbocycles. The average Bonchev–Trinajstić information content (AvgIpc) is 3.21. The highest BCUT2D eigenvalue weighted by Crippen LogP contribution is 2.28. The number of ether oxygens (including phenoxy) is 1. The second-order valence-electron chi connectivity index (χ2n) is 8.23. The van der Waals surface area contributed by atoms with Crippen molar-refractivity contribution in [3.05, 3.63) is 65.3 Å². The quantitative estimate of drug-likeness (QED) is 0.413. The molecule has 1 amide bonds. The van der Waals surface area contributed by atoms with E-state index in [1.54, 1.807) is 24.3 Å². The van der Waals surface area contributed by atoms with E-state index >= 15 is 0 Å². The number of amides is 1. The van der Waals surface area contributed by atoms with E-state index in [0.29, 0.717) is 59.0 Å². The third-order valence-electron chi connectivity index (χ3n) is 5.32. The van der Waals surface area contributed by atoms with Crippen LogP contribution in [0.25, 0.3) is 0 Å². The number of halogens is 1. The lowest BCUT2D eigenvalue weighted by molar-refractivity contribution is -0.128. The van der Waals surface area contributed by atoms with E-state index < -0.39 is 9.84 Å². The number of rotatable bonds is 10. The van der Waals surface area contributed by atoms with Crippen molar-refractivity contribution in [1.82, 2.24) is 14.9 Å². The van der Waals surface area contributed by atoms with Gasteiger partial charge in [0.25, 0.3) is 0 Å². The summed E-state index contributed by atoms with van der Waals surface area (Å²) in [4.78, 5) is 22.2. The van der Waals surface area contributed by atoms with Gasteiger partial charge in [-0.3, -0.25) is 4.79 Å². The van der Waals surface area contributed by atoms with Crippen LogP contribution >= 0.6 is 11.6 Å². The number of nitrogens with zero attached hydrogens (tertiary/aromatic N) is 3. The molecule has 1 aliphatic rings. The minimum atomic E-state index is -3.22. The first kappa shape index (κ1) is 24.7. The molecule has 0 aliphatic carbocycles. The van der Waals surface area contributed by atoms with Crippen LogP contribution in [0.15, 0.2) is 54.7 Å². The van der Waals surface area contributed by atoms with Crippen molar-refractivity contribution in [3.63, 3.8) is 0 Å². The SMILES string of the molecule is CS(=O)(=O)Cc1ccccc1Nc1nc(Nc2cccc(OCCN3CCCC3=O)c2)ncc1Cl. The zero-order chi connectivity index (χ0) is 24.8. The smallest absolute Gasteiger partial charge is 0.229 e. The number of hydrogen-bond acceptors (Lipinski definition) is 8. The fourth-order valence-corrected chi connectivity index (χ4v) is 4.66. The summed E-state index contributed by atoms with van der Waals surface area (Å²) in [6.45, 7) is 1.76. The highest BCUT2D eigenvalue weighted by Gasteiger charge is 2.19. The third kappa shape index (κ3) is 7.06. The average molecular weight is 516 g/mol. The highest BCUT2D eigenvalue weighted by atomic mass is 35.5. The molecule has 0 radical (unpaired) electrons. The molecule has 184 valence electrons. The van der Waals surface area contributed by atoms with Gasteiger partial charge in [-0.05, 0) is 30.2 Å². The number of aromatic nitrogens is 2. The lowest BCUT2D eigenvalue weighted by Crippen LogP contribution is -2.29. The first-order valence-electron chi connectivity index (χ1n) is 11.1. The largest absolute Gasteiger partial charge is 0.492 e. The Morgan fingerprint density at radius 2 is 1.97 bits per heavy atom. The summed E-state index contributed by atoms with van der Waals surface area (Å²) < 4.78 is 29.4. The van der Waals surface area contributed by atoms with Gasteiger partial charge in [0.2, 0.25) is 11.9 Å². The normalized spacial score (nSPS) is 13.7. The van der Waals surface area contributed by atoms with Crippen molar-refractivity contribution >= 4 is 50.5 Å². The molecule has 1 saturated heterocycles. The molecule has 0 atom stereocenters. The molecule has 9 nitrogen and oxygen atoms in total. The summed E-state index contributed by atoms with van der Waals surface area (Å²) in [6.07, 6.45) is 4.17. The maximum absolute atomic E-state index is 11.8. The number of sulfone groups is 1. The lowest BCUT2D eigenvalue weighted by atomic mass is 10.2. The van der Waals surface area contributed by atoms with Gasteiger partial charge in [-0.1, -0.05) is 35.9 Å². The number of anilines is 4. The number of carbonyl (C=O) groups excluding carboxylic acids is 1. The molecule has 2 N–H and O–H groups in total. The zero-order valence-corrected chi connectivity index (χ0v) is 20.8. The van der Waals surface area contributed by atoms with Gasteiger partial charge in [0.05, 0.1) is 18.5 Å². The van der Waals surface area contributed by atoms with Gasteiger partial charge in [-0.25, -0.2) is 13.4 Å². The molecule has 0 bridgehead atoms. The molecule has 1 aromatic heterocycles. The van der Waals surface area contributed by atoms with E-state index in [1.807, 2.05) is 29.2 Å². The molecule has 11 heteroatoms. The standard InChI is InChI=1S/C24H26ClN5O4S/c1-35(32,33)16-17-6-2-3-9-21(17)28-23-20(25)15-26-24(29-23)27-18-7-4-8-19(14-18)34-13-12-30-11-5-10-22(30)31/h2-4,6-9,14-15H,5,10-13,16H2,1H3,(H2,26,27,28,29). The molecular formula is C24H26ClN5O4S. The highest BCUT2D eigenvalue weighted by molar-refractivity contribution is 7.89. The van der Waals surface area contributed by atoms with Gasteiger partial charge in [0, 0.05) is 36.7 Å². The van der Waals surface area contributed by atoms with Crippen molar-refractivity contribution in [2.45, 2.75) is 18.6 Å². The summed E-state index contributed by atoms with van der Waals surface area (Å²) >= 11 is 6.30. The fourth-order valence-electron chi connectivity index (χ4n) is 3.70. The fraction of sp³-hybridized carbons (Fsp3) is 0.292. The van der Waals surface area contributed by atoms with Gasteiger partial charge >= 0.3 is 0 Å². The molecule has 3 aromatic rings. The summed E-state index contributed by atoms with van der Waals surface area (Å²) in [5.74, 6) is 1.36. The molecular weight excluding hydrogens is 490 g/mol. The van der Waals surface area contributed by atoms with Crippen LogP contribution in [0, 0.1) is 0 Å². The minimum absolute atomic E-state index is 0.108. The van der Waals surface area contributed by atoms with Gasteiger partial charge < -0.3 is 20.3 Å². The Labute approximate surface area is 209 Å². The van der Waals surface area contributed by atoms with Crippen molar-refractivity contribution in [2.75, 3.05) is 36.6 Å². The maximum Gasteiger partial charge on any atom is 0.229 e. The van der Waals surface area contributed by atoms with Crippen molar-refractivity contribution in [1.29, 1.82) is 0 Å². The molecule has 0 unspecified atom stereocenters. The second-order valence-corrected chi connectivity index (χ2v) is 10.8. The predicted molar refractivity (Wildman–Crippen MR) is 136 cm³/mol. The van der Waals surface area contributed by atoms with Crippen LogP contribution in [0.2, 0.25) is 5.02 Å². The Bertz CT molecular complexity index is 1320. The van der Waals surface area contributed by atoms with Gasteiger partial charge in [0.15, 0.2) is 15.7 Å². The van der Waals surface area contributed by atoms with Crippen LogP contribution in [-0.4, -0.2) is 55.1 Å². The van der Waals surface area contributed by atoms with Gasteiger partial charge in [0.1, 0.15) is 17.4 Å². The van der Waals surface area contributed by atoms with Crippen LogP contribution in [-0.2, 0) is 20.4 Å². The Balaban J connectivity index is 1.43. The monoisotopic (exact) mass is 515 g/mol. The number of para-hydroxylation sites is 1. The summed E-state index contributed by atoms with van der Waals surface area (Å²) in [5.41, 5.74) is 1.92. The van der Waals surface area contributed by atoms with Crippen LogP contribution in [0.1, 0.15) is 18.4 Å². The topological polar surface area (TPSA) is 114 Å². The van der Waals surface area contributed by atoms with E-state index in [-0.39, 0.29) is 11.7 Å². The molecule has 1 aliphatic heterocycles. The number of likely N-dealkylation sites (tertiary alicyclic amines) is 1. The lowest BCUT2D eigenvalue weighted by Gasteiger charge is -2.16. The maximum atomic E-state index is 11.8. The van der Waals surface area contributed by atoms with Crippen molar-refractivity contribution < 1.29 is 17.9 Å². The molecule has 2 aromatic carbocycles. The number of benzene rings is 2. The Morgan fingerprint density at radius 1 is 1.14 bits per heavy atom. The van der Waals surface area contributed by atoms with Crippen molar-refractivity contribution in [2.24, 2.45) is 0 Å². The molecule has 4 rings (SSSR count). The number of nitrogens with one attached hydrogen (secondary N) is 2. The van der Waals surface area contributed by atoms with E-state index in [1.165, 1.54) is 12.5 Å². The Kier molecular flexibility index (Phi) is 7.72. The first-order chi connectivity index (χ1) is 16.8. The third-order valence-corrected chi connectivity index (χ3v) is 6.44. The molecule has 35 heavy (non-hydrogen) atoms. The Hall–Kier alpha value is -3.37. The van der Waals surface area contributed by atoms with E-state index in [0.717, 1.165) is 13.0 Å². The van der Waals surface area contributed by atoms with Crippen LogP contribution < -0.4 is 15.4 Å². The zero-order valence-electron chi connectivity index (χ0n) is 19.2.